The number of nitrogens with one attached hydrogen (secondary N) is 1. The van der Waals surface area contributed by atoms with Gasteiger partial charge in [-0.15, -0.1) is 0 Å². The number of benzene rings is 3. The fourth-order valence-electron chi connectivity index (χ4n) is 3.43. The van der Waals surface area contributed by atoms with Gasteiger partial charge in [0.05, 0.1) is 25.2 Å². The number of anilines is 1. The van der Waals surface area contributed by atoms with Crippen LogP contribution in [-0.4, -0.2) is 27.7 Å². The second kappa shape index (κ2) is 9.47. The lowest BCUT2D eigenvalue weighted by Gasteiger charge is -2.31. The van der Waals surface area contributed by atoms with Gasteiger partial charge in [-0.2, -0.15) is 0 Å². The number of ether oxygens (including phenoxy) is 3. The van der Waals surface area contributed by atoms with Gasteiger partial charge in [-0.3, -0.25) is 4.72 Å². The maximum absolute atomic E-state index is 12.7. The van der Waals surface area contributed by atoms with Gasteiger partial charge in [-0.1, -0.05) is 29.8 Å². The Morgan fingerprint density at radius 1 is 1.06 bits per heavy atom. The molecular formula is C25H24ClNO5S. The van der Waals surface area contributed by atoms with E-state index in [0.717, 1.165) is 11.1 Å². The Bertz CT molecular complexity index is 1270. The van der Waals surface area contributed by atoms with Crippen molar-refractivity contribution in [2.24, 2.45) is 0 Å². The van der Waals surface area contributed by atoms with Crippen molar-refractivity contribution in [3.05, 3.63) is 89.0 Å². The minimum absolute atomic E-state index is 0.150. The molecule has 1 aliphatic heterocycles. The summed E-state index contributed by atoms with van der Waals surface area (Å²) < 4.78 is 45.1. The third-order valence-corrected chi connectivity index (χ3v) is 6.77. The topological polar surface area (TPSA) is 73.9 Å². The maximum atomic E-state index is 12.7. The van der Waals surface area contributed by atoms with E-state index < -0.39 is 15.6 Å². The van der Waals surface area contributed by atoms with Gasteiger partial charge in [0.15, 0.2) is 0 Å². The zero-order valence-electron chi connectivity index (χ0n) is 18.2. The summed E-state index contributed by atoms with van der Waals surface area (Å²) in [4.78, 5) is 0.150. The summed E-state index contributed by atoms with van der Waals surface area (Å²) in [5.74, 6) is 1.24. The van der Waals surface area contributed by atoms with Crippen molar-refractivity contribution in [2.45, 2.75) is 24.0 Å². The van der Waals surface area contributed by atoms with Crippen molar-refractivity contribution in [3.8, 4) is 11.5 Å². The lowest BCUT2D eigenvalue weighted by atomic mass is 10.0. The van der Waals surface area contributed by atoms with Crippen LogP contribution in [-0.2, 0) is 21.4 Å². The molecule has 0 radical (unpaired) electrons. The van der Waals surface area contributed by atoms with E-state index in [0.29, 0.717) is 35.4 Å². The molecule has 0 fully saturated rings. The Morgan fingerprint density at radius 3 is 2.58 bits per heavy atom. The normalized spacial score (nSPS) is 17.2. The number of methoxy groups -OCH3 is 1. The largest absolute Gasteiger partial charge is 0.497 e. The molecule has 0 bridgehead atoms. The molecule has 1 heterocycles. The predicted molar refractivity (Wildman–Crippen MR) is 129 cm³/mol. The van der Waals surface area contributed by atoms with Crippen molar-refractivity contribution < 1.29 is 22.6 Å². The van der Waals surface area contributed by atoms with Gasteiger partial charge >= 0.3 is 0 Å². The molecule has 33 heavy (non-hydrogen) atoms. The molecule has 0 aliphatic carbocycles. The average Bonchev–Trinajstić information content (AvgIpc) is 2.79. The number of fused-ring (bicyclic) bond motifs is 1. The SMILES string of the molecule is COc1ccc(S(=O)(=O)Nc2ccc3c(c2)C=CC(C)(COCc2cccc(Cl)c2)O3)cc1. The van der Waals surface area contributed by atoms with Gasteiger partial charge in [0, 0.05) is 16.3 Å². The van der Waals surface area contributed by atoms with Crippen LogP contribution in [0.3, 0.4) is 0 Å². The molecule has 0 spiro atoms. The van der Waals surface area contributed by atoms with Gasteiger partial charge in [-0.05, 0) is 73.2 Å². The fraction of sp³-hybridized carbons (Fsp3) is 0.200. The van der Waals surface area contributed by atoms with Crippen molar-refractivity contribution in [2.75, 3.05) is 18.4 Å². The van der Waals surface area contributed by atoms with Crippen LogP contribution in [0.5, 0.6) is 11.5 Å². The van der Waals surface area contributed by atoms with E-state index in [4.69, 9.17) is 25.8 Å². The molecule has 0 aromatic heterocycles. The molecule has 4 rings (SSSR count). The summed E-state index contributed by atoms with van der Waals surface area (Å²) in [6, 6.07) is 18.9. The van der Waals surface area contributed by atoms with Crippen LogP contribution in [0.15, 0.2) is 77.7 Å². The maximum Gasteiger partial charge on any atom is 0.261 e. The molecule has 0 amide bonds. The average molecular weight is 486 g/mol. The molecule has 3 aromatic rings. The number of rotatable bonds is 8. The van der Waals surface area contributed by atoms with E-state index in [1.807, 2.05) is 43.3 Å². The van der Waals surface area contributed by atoms with Crippen LogP contribution < -0.4 is 14.2 Å². The van der Waals surface area contributed by atoms with Crippen molar-refractivity contribution in [1.29, 1.82) is 0 Å². The smallest absolute Gasteiger partial charge is 0.261 e. The van der Waals surface area contributed by atoms with Gasteiger partial charge in [0.2, 0.25) is 0 Å². The minimum Gasteiger partial charge on any atom is -0.497 e. The van der Waals surface area contributed by atoms with E-state index in [9.17, 15) is 8.42 Å². The lowest BCUT2D eigenvalue weighted by Crippen LogP contribution is -2.37. The Hall–Kier alpha value is -3.00. The second-order valence-corrected chi connectivity index (χ2v) is 10.0. The second-order valence-electron chi connectivity index (χ2n) is 7.90. The Morgan fingerprint density at radius 2 is 1.85 bits per heavy atom. The molecule has 1 unspecified atom stereocenters. The molecule has 172 valence electrons. The zero-order valence-corrected chi connectivity index (χ0v) is 19.8. The highest BCUT2D eigenvalue weighted by atomic mass is 35.5. The Kier molecular flexibility index (Phi) is 6.65. The first-order valence-electron chi connectivity index (χ1n) is 10.3. The van der Waals surface area contributed by atoms with Crippen LogP contribution >= 0.6 is 11.6 Å². The highest BCUT2D eigenvalue weighted by molar-refractivity contribution is 7.92. The molecule has 6 nitrogen and oxygen atoms in total. The van der Waals surface area contributed by atoms with Crippen LogP contribution in [0.4, 0.5) is 5.69 Å². The summed E-state index contributed by atoms with van der Waals surface area (Å²) in [5, 5.41) is 0.670. The standard InChI is InChI=1S/C25H24ClNO5S/c1-25(17-31-16-18-4-3-5-20(26)14-18)13-12-19-15-21(6-11-24(19)32-25)27-33(28,29)23-9-7-22(30-2)8-10-23/h3-15,27H,16-17H2,1-2H3. The zero-order chi connectivity index (χ0) is 23.5. The molecule has 8 heteroatoms. The molecule has 1 aliphatic rings. The first-order valence-corrected chi connectivity index (χ1v) is 12.1. The van der Waals surface area contributed by atoms with Gasteiger partial charge in [0.1, 0.15) is 17.1 Å². The minimum atomic E-state index is -3.73. The van der Waals surface area contributed by atoms with Crippen molar-refractivity contribution in [3.63, 3.8) is 0 Å². The highest BCUT2D eigenvalue weighted by Crippen LogP contribution is 2.34. The fourth-order valence-corrected chi connectivity index (χ4v) is 4.69. The number of halogens is 1. The van der Waals surface area contributed by atoms with Gasteiger partial charge in [0.25, 0.3) is 10.0 Å². The molecule has 1 N–H and O–H groups in total. The van der Waals surface area contributed by atoms with E-state index >= 15 is 0 Å². The number of hydrogen-bond donors (Lipinski definition) is 1. The molecule has 3 aromatic carbocycles. The first kappa shape index (κ1) is 23.2. The summed E-state index contributed by atoms with van der Waals surface area (Å²) in [6.45, 7) is 2.71. The van der Waals surface area contributed by atoms with Crippen molar-refractivity contribution in [1.82, 2.24) is 0 Å². The lowest BCUT2D eigenvalue weighted by molar-refractivity contribution is 0.00632. The third kappa shape index (κ3) is 5.68. The van der Waals surface area contributed by atoms with Crippen LogP contribution in [0.1, 0.15) is 18.1 Å². The Labute approximate surface area is 198 Å². The van der Waals surface area contributed by atoms with E-state index in [2.05, 4.69) is 4.72 Å². The van der Waals surface area contributed by atoms with E-state index in [1.165, 1.54) is 19.2 Å². The van der Waals surface area contributed by atoms with Crippen LogP contribution in [0, 0.1) is 0 Å². The quantitative estimate of drug-likeness (QED) is 0.454. The summed E-state index contributed by atoms with van der Waals surface area (Å²) in [6.07, 6.45) is 3.82. The molecule has 1 atom stereocenters. The number of sulfonamides is 1. The first-order chi connectivity index (χ1) is 15.8. The van der Waals surface area contributed by atoms with E-state index in [1.54, 1.807) is 30.3 Å². The summed E-state index contributed by atoms with van der Waals surface area (Å²) in [5.41, 5.74) is 1.56. The van der Waals surface area contributed by atoms with Crippen LogP contribution in [0.2, 0.25) is 5.02 Å². The molecule has 0 saturated carbocycles. The van der Waals surface area contributed by atoms with Gasteiger partial charge in [-0.25, -0.2) is 8.42 Å². The summed E-state index contributed by atoms with van der Waals surface area (Å²) in [7, 11) is -2.20. The summed E-state index contributed by atoms with van der Waals surface area (Å²) >= 11 is 6.02. The molecular weight excluding hydrogens is 462 g/mol. The van der Waals surface area contributed by atoms with Gasteiger partial charge < -0.3 is 14.2 Å². The van der Waals surface area contributed by atoms with E-state index in [-0.39, 0.29) is 4.90 Å². The predicted octanol–water partition coefficient (Wildman–Crippen LogP) is 5.53. The Balaban J connectivity index is 1.41. The van der Waals surface area contributed by atoms with Crippen molar-refractivity contribution >= 4 is 33.4 Å². The number of hydrogen-bond acceptors (Lipinski definition) is 5. The highest BCUT2D eigenvalue weighted by Gasteiger charge is 2.28. The van der Waals surface area contributed by atoms with Crippen LogP contribution in [0.25, 0.3) is 6.08 Å². The molecule has 0 saturated heterocycles. The monoisotopic (exact) mass is 485 g/mol. The third-order valence-electron chi connectivity index (χ3n) is 5.14.